The summed E-state index contributed by atoms with van der Waals surface area (Å²) >= 11 is 3.03. The number of hydrogen-bond donors (Lipinski definition) is 1. The lowest BCUT2D eigenvalue weighted by molar-refractivity contribution is -0.118. The highest BCUT2D eigenvalue weighted by Gasteiger charge is 2.10. The highest BCUT2D eigenvalue weighted by molar-refractivity contribution is 7.99. The van der Waals surface area contributed by atoms with E-state index in [1.807, 2.05) is 17.5 Å². The Bertz CT molecular complexity index is 553. The molecule has 0 atom stereocenters. The molecule has 6 nitrogen and oxygen atoms in total. The van der Waals surface area contributed by atoms with Crippen molar-refractivity contribution in [1.29, 1.82) is 0 Å². The fourth-order valence-electron chi connectivity index (χ4n) is 1.63. The molecule has 0 aromatic carbocycles. The van der Waals surface area contributed by atoms with Crippen molar-refractivity contribution in [3.63, 3.8) is 0 Å². The van der Waals surface area contributed by atoms with Crippen molar-refractivity contribution < 1.29 is 4.79 Å². The fourth-order valence-corrected chi connectivity index (χ4v) is 3.02. The van der Waals surface area contributed by atoms with Crippen molar-refractivity contribution >= 4 is 29.0 Å². The van der Waals surface area contributed by atoms with Crippen molar-refractivity contribution in [2.75, 3.05) is 12.3 Å². The summed E-state index contributed by atoms with van der Waals surface area (Å²) in [4.78, 5) is 12.9. The van der Waals surface area contributed by atoms with E-state index in [-0.39, 0.29) is 5.91 Å². The first kappa shape index (κ1) is 16.0. The minimum atomic E-state index is 0.0197. The zero-order chi connectivity index (χ0) is 15.1. The molecule has 0 spiro atoms. The first-order valence-electron chi connectivity index (χ1n) is 6.83. The standard InChI is InChI=1S/C13H19N5OS2/c1-10(2)5-6-14-12(19)9-21-13-15-16-17-18(13)8-11-4-3-7-20-11/h3-4,7,10H,5-6,8-9H2,1-2H3,(H,14,19). The van der Waals surface area contributed by atoms with Gasteiger partial charge in [-0.3, -0.25) is 4.79 Å². The smallest absolute Gasteiger partial charge is 0.230 e. The van der Waals surface area contributed by atoms with Gasteiger partial charge >= 0.3 is 0 Å². The molecule has 2 rings (SSSR count). The first-order valence-corrected chi connectivity index (χ1v) is 8.69. The summed E-state index contributed by atoms with van der Waals surface area (Å²) in [6, 6.07) is 4.04. The topological polar surface area (TPSA) is 72.7 Å². The number of rotatable bonds is 8. The second-order valence-corrected chi connectivity index (χ2v) is 6.99. The van der Waals surface area contributed by atoms with Crippen LogP contribution in [0.3, 0.4) is 0 Å². The third-order valence-corrected chi connectivity index (χ3v) is 4.58. The highest BCUT2D eigenvalue weighted by Crippen LogP contribution is 2.16. The van der Waals surface area contributed by atoms with Crippen LogP contribution in [-0.4, -0.2) is 38.4 Å². The van der Waals surface area contributed by atoms with Gasteiger partial charge in [-0.1, -0.05) is 31.7 Å². The maximum absolute atomic E-state index is 11.7. The van der Waals surface area contributed by atoms with E-state index >= 15 is 0 Å². The van der Waals surface area contributed by atoms with Crippen molar-refractivity contribution in [2.45, 2.75) is 32.0 Å². The number of tetrazole rings is 1. The Morgan fingerprint density at radius 3 is 3.10 bits per heavy atom. The van der Waals surface area contributed by atoms with Crippen molar-refractivity contribution in [3.8, 4) is 0 Å². The van der Waals surface area contributed by atoms with Crippen LogP contribution in [0.1, 0.15) is 25.1 Å². The molecule has 2 heterocycles. The summed E-state index contributed by atoms with van der Waals surface area (Å²) in [5.41, 5.74) is 0. The largest absolute Gasteiger partial charge is 0.355 e. The average Bonchev–Trinajstić information content (AvgIpc) is 3.08. The van der Waals surface area contributed by atoms with Crippen LogP contribution >= 0.6 is 23.1 Å². The number of carbonyl (C=O) groups excluding carboxylic acids is 1. The quantitative estimate of drug-likeness (QED) is 0.752. The van der Waals surface area contributed by atoms with Gasteiger partial charge in [-0.05, 0) is 34.2 Å². The molecule has 0 aliphatic rings. The van der Waals surface area contributed by atoms with Crippen LogP contribution in [0.5, 0.6) is 0 Å². The number of aromatic nitrogens is 4. The van der Waals surface area contributed by atoms with Gasteiger partial charge in [0.25, 0.3) is 0 Å². The second-order valence-electron chi connectivity index (χ2n) is 5.02. The molecule has 0 fully saturated rings. The molecule has 0 bridgehead atoms. The van der Waals surface area contributed by atoms with Gasteiger partial charge in [-0.2, -0.15) is 0 Å². The molecule has 1 amide bonds. The summed E-state index contributed by atoms with van der Waals surface area (Å²) in [5.74, 6) is 0.950. The Morgan fingerprint density at radius 1 is 1.52 bits per heavy atom. The van der Waals surface area contributed by atoms with E-state index in [4.69, 9.17) is 0 Å². The van der Waals surface area contributed by atoms with Crippen molar-refractivity contribution in [2.24, 2.45) is 5.92 Å². The Hall–Kier alpha value is -1.41. The summed E-state index contributed by atoms with van der Waals surface area (Å²) in [6.45, 7) is 5.64. The molecule has 0 radical (unpaired) electrons. The van der Waals surface area contributed by atoms with Crippen molar-refractivity contribution in [3.05, 3.63) is 22.4 Å². The lowest BCUT2D eigenvalue weighted by Crippen LogP contribution is -2.27. The molecule has 0 aliphatic carbocycles. The summed E-state index contributed by atoms with van der Waals surface area (Å²) in [6.07, 6.45) is 0.993. The van der Waals surface area contributed by atoms with E-state index in [0.717, 1.165) is 13.0 Å². The Labute approximate surface area is 132 Å². The molecule has 2 aromatic heterocycles. The average molecular weight is 325 g/mol. The van der Waals surface area contributed by atoms with E-state index in [2.05, 4.69) is 34.7 Å². The Morgan fingerprint density at radius 2 is 2.38 bits per heavy atom. The Kier molecular flexibility index (Phi) is 6.19. The minimum absolute atomic E-state index is 0.0197. The van der Waals surface area contributed by atoms with E-state index in [9.17, 15) is 4.79 Å². The van der Waals surface area contributed by atoms with Crippen molar-refractivity contribution in [1.82, 2.24) is 25.5 Å². The summed E-state index contributed by atoms with van der Waals surface area (Å²) < 4.78 is 1.72. The van der Waals surface area contributed by atoms with E-state index in [1.165, 1.54) is 16.6 Å². The van der Waals surface area contributed by atoms with Crippen LogP contribution in [0.2, 0.25) is 0 Å². The molecule has 114 valence electrons. The highest BCUT2D eigenvalue weighted by atomic mass is 32.2. The van der Waals surface area contributed by atoms with Crippen LogP contribution in [0.15, 0.2) is 22.7 Å². The molecule has 1 N–H and O–H groups in total. The van der Waals surface area contributed by atoms with Gasteiger partial charge in [0.15, 0.2) is 0 Å². The number of carbonyl (C=O) groups is 1. The van der Waals surface area contributed by atoms with Gasteiger partial charge in [0.05, 0.1) is 12.3 Å². The minimum Gasteiger partial charge on any atom is -0.355 e. The zero-order valence-corrected chi connectivity index (χ0v) is 13.8. The number of nitrogens with zero attached hydrogens (tertiary/aromatic N) is 4. The predicted molar refractivity (Wildman–Crippen MR) is 84.4 cm³/mol. The fraction of sp³-hybridized carbons (Fsp3) is 0.538. The number of thioether (sulfide) groups is 1. The van der Waals surface area contributed by atoms with Gasteiger partial charge in [0, 0.05) is 11.4 Å². The van der Waals surface area contributed by atoms with Crippen LogP contribution in [-0.2, 0) is 11.3 Å². The summed E-state index contributed by atoms with van der Waals surface area (Å²) in [7, 11) is 0. The van der Waals surface area contributed by atoms with Gasteiger partial charge in [-0.15, -0.1) is 16.4 Å². The second kappa shape index (κ2) is 8.14. The molecule has 21 heavy (non-hydrogen) atoms. The predicted octanol–water partition coefficient (Wildman–Crippen LogP) is 2.04. The van der Waals surface area contributed by atoms with Gasteiger partial charge in [-0.25, -0.2) is 4.68 Å². The lowest BCUT2D eigenvalue weighted by Gasteiger charge is -2.07. The molecule has 2 aromatic rings. The molecule has 8 heteroatoms. The summed E-state index contributed by atoms with van der Waals surface area (Å²) in [5, 5.41) is 17.2. The van der Waals surface area contributed by atoms with Gasteiger partial charge in [0.2, 0.25) is 11.1 Å². The van der Waals surface area contributed by atoms with Gasteiger partial charge in [0.1, 0.15) is 0 Å². The monoisotopic (exact) mass is 325 g/mol. The SMILES string of the molecule is CC(C)CCNC(=O)CSc1nnnn1Cc1cccs1. The molecular formula is C13H19N5OS2. The van der Waals surface area contributed by atoms with Gasteiger partial charge < -0.3 is 5.32 Å². The van der Waals surface area contributed by atoms with Crippen LogP contribution in [0.25, 0.3) is 0 Å². The zero-order valence-electron chi connectivity index (χ0n) is 12.2. The van der Waals surface area contributed by atoms with E-state index in [1.54, 1.807) is 16.0 Å². The number of thiophene rings is 1. The molecule has 0 aliphatic heterocycles. The maximum Gasteiger partial charge on any atom is 0.230 e. The number of nitrogens with one attached hydrogen (secondary N) is 1. The molecule has 0 saturated heterocycles. The third kappa shape index (κ3) is 5.47. The normalized spacial score (nSPS) is 11.0. The Balaban J connectivity index is 1.78. The first-order chi connectivity index (χ1) is 10.1. The van der Waals surface area contributed by atoms with Crippen LogP contribution in [0, 0.1) is 5.92 Å². The molecular weight excluding hydrogens is 306 g/mol. The molecule has 0 saturated carbocycles. The van der Waals surface area contributed by atoms with E-state index < -0.39 is 0 Å². The lowest BCUT2D eigenvalue weighted by atomic mass is 10.1. The number of amides is 1. The number of hydrogen-bond acceptors (Lipinski definition) is 6. The maximum atomic E-state index is 11.7. The molecule has 0 unspecified atom stereocenters. The van der Waals surface area contributed by atoms with E-state index in [0.29, 0.717) is 23.4 Å². The van der Waals surface area contributed by atoms with Crippen LogP contribution in [0.4, 0.5) is 0 Å². The third-order valence-electron chi connectivity index (χ3n) is 2.76. The van der Waals surface area contributed by atoms with Crippen LogP contribution < -0.4 is 5.32 Å².